The predicted octanol–water partition coefficient (Wildman–Crippen LogP) is 5.27. The summed E-state index contributed by atoms with van der Waals surface area (Å²) in [6, 6.07) is 16.1. The highest BCUT2D eigenvalue weighted by atomic mass is 16.7. The van der Waals surface area contributed by atoms with Gasteiger partial charge in [-0.25, -0.2) is 4.79 Å². The van der Waals surface area contributed by atoms with Gasteiger partial charge in [-0.2, -0.15) is 0 Å². The molecule has 0 aliphatic carbocycles. The van der Waals surface area contributed by atoms with Crippen molar-refractivity contribution in [2.45, 2.75) is 63.8 Å². The summed E-state index contributed by atoms with van der Waals surface area (Å²) in [6.45, 7) is 11.5. The second-order valence-corrected chi connectivity index (χ2v) is 11.3. The zero-order valence-electron chi connectivity index (χ0n) is 23.5. The molecule has 0 bridgehead atoms. The fourth-order valence-electron chi connectivity index (χ4n) is 6.18. The maximum Gasteiger partial charge on any atom is 0.411 e. The second-order valence-electron chi connectivity index (χ2n) is 11.3. The number of likely N-dealkylation sites (tertiary alicyclic amines) is 2. The van der Waals surface area contributed by atoms with Crippen LogP contribution in [0.25, 0.3) is 0 Å². The molecule has 2 aromatic rings. The zero-order chi connectivity index (χ0) is 27.9. The van der Waals surface area contributed by atoms with Gasteiger partial charge in [-0.1, -0.05) is 56.0 Å². The zero-order valence-corrected chi connectivity index (χ0v) is 23.5. The van der Waals surface area contributed by atoms with Gasteiger partial charge < -0.3 is 24.2 Å². The first-order valence-corrected chi connectivity index (χ1v) is 14.7. The highest BCUT2D eigenvalue weighted by molar-refractivity contribution is 5.84. The molecule has 3 aliphatic heterocycles. The van der Waals surface area contributed by atoms with Crippen molar-refractivity contribution in [2.24, 2.45) is 5.92 Å². The quantitative estimate of drug-likeness (QED) is 0.391. The number of hydrogen-bond acceptors (Lipinski definition) is 7. The molecule has 0 aromatic heterocycles. The van der Waals surface area contributed by atoms with E-state index in [2.05, 4.69) is 40.8 Å². The number of nitrogens with zero attached hydrogens (tertiary/aromatic N) is 2. The number of aliphatic hydroxyl groups is 1. The van der Waals surface area contributed by atoms with Crippen LogP contribution in [-0.2, 0) is 20.8 Å². The molecule has 0 spiro atoms. The fourth-order valence-corrected chi connectivity index (χ4v) is 6.18. The topological polar surface area (TPSA) is 83.5 Å². The maximum atomic E-state index is 11.9. The standard InChI is InChI=1S/C32H43N3O5/c1-3-19-38-32(37)33-27-14-12-26(13-15-27)31-39-29(21-35-18-6-7-28(35)20-34-16-4-5-17-34)23(2)30(40-31)25-10-8-24(22-36)9-11-25/h3,8-15,23,28-31,36H,1,4-7,16-22H2,2H3,(H,33,37). The average molecular weight is 550 g/mol. The Morgan fingerprint density at radius 2 is 1.75 bits per heavy atom. The maximum absolute atomic E-state index is 11.9. The summed E-state index contributed by atoms with van der Waals surface area (Å²) in [5.74, 6) is 0.143. The number of anilines is 1. The first kappa shape index (κ1) is 28.8. The highest BCUT2D eigenvalue weighted by Gasteiger charge is 2.40. The average Bonchev–Trinajstić information content (AvgIpc) is 3.66. The van der Waals surface area contributed by atoms with E-state index in [4.69, 9.17) is 14.2 Å². The lowest BCUT2D eigenvalue weighted by Gasteiger charge is -2.43. The van der Waals surface area contributed by atoms with Crippen molar-refractivity contribution in [3.63, 3.8) is 0 Å². The summed E-state index contributed by atoms with van der Waals surface area (Å²) < 4.78 is 18.3. The van der Waals surface area contributed by atoms with E-state index in [1.807, 2.05) is 36.4 Å². The van der Waals surface area contributed by atoms with E-state index in [-0.39, 0.29) is 31.3 Å². The van der Waals surface area contributed by atoms with Crippen LogP contribution in [0.2, 0.25) is 0 Å². The molecule has 3 heterocycles. The predicted molar refractivity (Wildman–Crippen MR) is 155 cm³/mol. The molecular formula is C32H43N3O5. The summed E-state index contributed by atoms with van der Waals surface area (Å²) in [6.07, 6.45) is 5.42. The Morgan fingerprint density at radius 3 is 2.45 bits per heavy atom. The van der Waals surface area contributed by atoms with Crippen LogP contribution >= 0.6 is 0 Å². The van der Waals surface area contributed by atoms with Crippen molar-refractivity contribution in [1.29, 1.82) is 0 Å². The van der Waals surface area contributed by atoms with Gasteiger partial charge in [0.15, 0.2) is 6.29 Å². The van der Waals surface area contributed by atoms with Gasteiger partial charge >= 0.3 is 6.09 Å². The van der Waals surface area contributed by atoms with Crippen molar-refractivity contribution in [3.05, 3.63) is 77.9 Å². The molecule has 8 nitrogen and oxygen atoms in total. The van der Waals surface area contributed by atoms with E-state index >= 15 is 0 Å². The van der Waals surface area contributed by atoms with Crippen molar-refractivity contribution in [2.75, 3.05) is 44.6 Å². The minimum Gasteiger partial charge on any atom is -0.445 e. The summed E-state index contributed by atoms with van der Waals surface area (Å²) >= 11 is 0. The summed E-state index contributed by atoms with van der Waals surface area (Å²) in [5.41, 5.74) is 3.50. The molecule has 3 aliphatic rings. The first-order valence-electron chi connectivity index (χ1n) is 14.7. The van der Waals surface area contributed by atoms with Gasteiger partial charge in [-0.15, -0.1) is 0 Å². The van der Waals surface area contributed by atoms with Gasteiger partial charge in [-0.05, 0) is 68.6 Å². The van der Waals surface area contributed by atoms with Crippen molar-refractivity contribution in [1.82, 2.24) is 9.80 Å². The number of carbonyl (C=O) groups excluding carboxylic acids is 1. The van der Waals surface area contributed by atoms with Crippen LogP contribution in [0.15, 0.2) is 61.2 Å². The third-order valence-corrected chi connectivity index (χ3v) is 8.47. The molecule has 5 unspecified atom stereocenters. The van der Waals surface area contributed by atoms with Crippen LogP contribution in [0.3, 0.4) is 0 Å². The Hall–Kier alpha value is -2.75. The van der Waals surface area contributed by atoms with Gasteiger partial charge in [-0.3, -0.25) is 10.2 Å². The Bertz CT molecular complexity index is 1100. The van der Waals surface area contributed by atoms with Crippen LogP contribution in [0.1, 0.15) is 61.7 Å². The molecule has 2 aromatic carbocycles. The first-order chi connectivity index (χ1) is 19.5. The van der Waals surface area contributed by atoms with Gasteiger partial charge in [0.25, 0.3) is 0 Å². The minimum absolute atomic E-state index is 0.00729. The number of rotatable bonds is 10. The molecule has 8 heteroatoms. The van der Waals surface area contributed by atoms with E-state index in [9.17, 15) is 9.90 Å². The third-order valence-electron chi connectivity index (χ3n) is 8.47. The molecule has 0 radical (unpaired) electrons. The monoisotopic (exact) mass is 549 g/mol. The van der Waals surface area contributed by atoms with Gasteiger partial charge in [0, 0.05) is 36.3 Å². The molecule has 1 amide bonds. The second kappa shape index (κ2) is 13.7. The van der Waals surface area contributed by atoms with E-state index in [0.29, 0.717) is 11.7 Å². The lowest BCUT2D eigenvalue weighted by molar-refractivity contribution is -0.276. The van der Waals surface area contributed by atoms with Gasteiger partial charge in [0.2, 0.25) is 0 Å². The lowest BCUT2D eigenvalue weighted by atomic mass is 9.90. The van der Waals surface area contributed by atoms with E-state index in [0.717, 1.165) is 36.3 Å². The van der Waals surface area contributed by atoms with E-state index in [1.54, 1.807) is 0 Å². The Labute approximate surface area is 237 Å². The number of amides is 1. The number of carbonyl (C=O) groups is 1. The van der Waals surface area contributed by atoms with Crippen LogP contribution in [0.4, 0.5) is 10.5 Å². The SMILES string of the molecule is C=CCOC(=O)Nc1ccc(C2OC(CN3CCCC3CN3CCCC3)C(C)C(c3ccc(CO)cc3)O2)cc1. The van der Waals surface area contributed by atoms with Crippen LogP contribution in [0, 0.1) is 5.92 Å². The fraction of sp³-hybridized carbons (Fsp3) is 0.531. The molecule has 2 N–H and O–H groups in total. The van der Waals surface area contributed by atoms with Crippen molar-refractivity contribution < 1.29 is 24.1 Å². The van der Waals surface area contributed by atoms with E-state index in [1.165, 1.54) is 44.8 Å². The third kappa shape index (κ3) is 7.11. The molecular weight excluding hydrogens is 506 g/mol. The molecule has 5 atom stereocenters. The van der Waals surface area contributed by atoms with E-state index < -0.39 is 12.4 Å². The Kier molecular flexibility index (Phi) is 9.88. The molecule has 216 valence electrons. The van der Waals surface area contributed by atoms with Crippen LogP contribution < -0.4 is 5.32 Å². The van der Waals surface area contributed by atoms with Crippen LogP contribution in [0.5, 0.6) is 0 Å². The number of ether oxygens (including phenoxy) is 3. The smallest absolute Gasteiger partial charge is 0.411 e. The van der Waals surface area contributed by atoms with Crippen molar-refractivity contribution in [3.8, 4) is 0 Å². The molecule has 3 saturated heterocycles. The number of nitrogens with one attached hydrogen (secondary N) is 1. The summed E-state index contributed by atoms with van der Waals surface area (Å²) in [7, 11) is 0. The summed E-state index contributed by atoms with van der Waals surface area (Å²) in [5, 5.41) is 12.3. The largest absolute Gasteiger partial charge is 0.445 e. The van der Waals surface area contributed by atoms with Gasteiger partial charge in [0.1, 0.15) is 6.61 Å². The molecule has 0 saturated carbocycles. The van der Waals surface area contributed by atoms with Crippen molar-refractivity contribution >= 4 is 11.8 Å². The highest BCUT2D eigenvalue weighted by Crippen LogP contribution is 2.42. The molecule has 3 fully saturated rings. The van der Waals surface area contributed by atoms with Gasteiger partial charge in [0.05, 0.1) is 18.8 Å². The van der Waals surface area contributed by atoms with Crippen LogP contribution in [-0.4, -0.2) is 72.5 Å². The normalized spacial score (nSPS) is 27.5. The molecule has 5 rings (SSSR count). The Balaban J connectivity index is 1.32. The lowest BCUT2D eigenvalue weighted by Crippen LogP contribution is -2.48. The molecule has 40 heavy (non-hydrogen) atoms. The number of hydrogen-bond donors (Lipinski definition) is 2. The summed E-state index contributed by atoms with van der Waals surface area (Å²) in [4.78, 5) is 17.2. The minimum atomic E-state index is -0.537. The Morgan fingerprint density at radius 1 is 1.02 bits per heavy atom. The number of benzene rings is 2. The number of aliphatic hydroxyl groups excluding tert-OH is 1.